The van der Waals surface area contributed by atoms with Crippen LogP contribution in [0.25, 0.3) is 23.0 Å². The van der Waals surface area contributed by atoms with Gasteiger partial charge in [0, 0.05) is 44.2 Å². The maximum Gasteiger partial charge on any atom is 1.00 e. The fourth-order valence-corrected chi connectivity index (χ4v) is 4.86. The van der Waals surface area contributed by atoms with Gasteiger partial charge in [-0.2, -0.15) is 9.78 Å². The van der Waals surface area contributed by atoms with E-state index in [0.717, 1.165) is 37.8 Å². The first kappa shape index (κ1) is 31.9. The van der Waals surface area contributed by atoms with Crippen LogP contribution in [0.15, 0.2) is 66.8 Å². The molecule has 21 heteroatoms. The van der Waals surface area contributed by atoms with Crippen molar-refractivity contribution in [2.75, 3.05) is 62.4 Å². The summed E-state index contributed by atoms with van der Waals surface area (Å²) < 4.78 is 16.0. The fourth-order valence-electron chi connectivity index (χ4n) is 4.86. The van der Waals surface area contributed by atoms with Crippen LogP contribution >= 0.6 is 0 Å². The van der Waals surface area contributed by atoms with Gasteiger partial charge in [-0.1, -0.05) is 10.4 Å². The van der Waals surface area contributed by atoms with Crippen LogP contribution < -0.4 is 50.0 Å². The van der Waals surface area contributed by atoms with Crippen molar-refractivity contribution in [2.24, 2.45) is 0 Å². The number of hydrogen-bond donors (Lipinski definition) is 1. The van der Waals surface area contributed by atoms with Gasteiger partial charge in [0.2, 0.25) is 0 Å². The van der Waals surface area contributed by atoms with Crippen molar-refractivity contribution in [1.82, 2.24) is 69.5 Å². The van der Waals surface area contributed by atoms with Crippen LogP contribution in [0.4, 0.5) is 11.6 Å². The van der Waals surface area contributed by atoms with Gasteiger partial charge in [0.25, 0.3) is 5.56 Å². The Morgan fingerprint density at radius 3 is 1.83 bits per heavy atom. The summed E-state index contributed by atoms with van der Waals surface area (Å²) in [6.45, 7) is 5.68. The van der Waals surface area contributed by atoms with Crippen molar-refractivity contribution in [3.8, 4) is 28.9 Å². The Morgan fingerprint density at radius 2 is 1.26 bits per heavy atom. The summed E-state index contributed by atoms with van der Waals surface area (Å²) in [5, 5.41) is 34.5. The van der Waals surface area contributed by atoms with Crippen LogP contribution in [-0.4, -0.2) is 122 Å². The number of rotatable bonds is 6. The van der Waals surface area contributed by atoms with Gasteiger partial charge in [0.05, 0.1) is 69.3 Å². The average Bonchev–Trinajstić information content (AvgIpc) is 3.95. The molecule has 6 aromatic rings. The Kier molecular flexibility index (Phi) is 9.92. The van der Waals surface area contributed by atoms with E-state index in [2.05, 4.69) is 60.6 Å². The first-order chi connectivity index (χ1) is 22.7. The number of hydrogen-bond acceptors (Lipinski definition) is 15. The SMILES string of the molecule is O=c1c(-n2ccnn2)c[nH]n1-c1cc(N2CCOCC2)ncn1.[Na+].[O-]c1c(-n2ccnn2)cnn1-c1cc(N2CCOCC2)ncn1. The number of nitrogens with zero attached hydrogens (tertiary/aromatic N) is 15. The monoisotopic (exact) mass is 650 g/mol. The Labute approximate surface area is 287 Å². The predicted octanol–water partition coefficient (Wildman–Crippen LogP) is -4.47. The van der Waals surface area contributed by atoms with E-state index in [1.54, 1.807) is 30.7 Å². The minimum Gasteiger partial charge on any atom is -0.857 e. The second-order valence-electron chi connectivity index (χ2n) is 9.91. The first-order valence-corrected chi connectivity index (χ1v) is 14.2. The number of aromatic nitrogens is 14. The Balaban J connectivity index is 0.000000161. The molecule has 2 saturated heterocycles. The number of aromatic amines is 1. The van der Waals surface area contributed by atoms with E-state index < -0.39 is 0 Å². The molecule has 0 spiro atoms. The summed E-state index contributed by atoms with van der Waals surface area (Å²) in [6.07, 6.45) is 12.1. The van der Waals surface area contributed by atoms with E-state index in [0.29, 0.717) is 49.4 Å². The van der Waals surface area contributed by atoms with E-state index in [-0.39, 0.29) is 41.0 Å². The molecule has 6 aromatic heterocycles. The largest absolute Gasteiger partial charge is 1.00 e. The topological polar surface area (TPSA) is 217 Å². The third-order valence-electron chi connectivity index (χ3n) is 7.19. The van der Waals surface area contributed by atoms with Crippen molar-refractivity contribution >= 4 is 11.6 Å². The molecule has 0 bridgehead atoms. The van der Waals surface area contributed by atoms with Gasteiger partial charge in [-0.25, -0.2) is 34.0 Å². The van der Waals surface area contributed by atoms with Crippen LogP contribution in [0, 0.1) is 0 Å². The Morgan fingerprint density at radius 1 is 0.723 bits per heavy atom. The molecule has 0 amide bonds. The third-order valence-corrected chi connectivity index (χ3v) is 7.19. The van der Waals surface area contributed by atoms with Gasteiger partial charge in [0.15, 0.2) is 17.3 Å². The first-order valence-electron chi connectivity index (χ1n) is 14.2. The van der Waals surface area contributed by atoms with E-state index >= 15 is 0 Å². The second-order valence-corrected chi connectivity index (χ2v) is 9.91. The summed E-state index contributed by atoms with van der Waals surface area (Å²) in [6, 6.07) is 3.51. The van der Waals surface area contributed by atoms with Crippen LogP contribution in [0.2, 0.25) is 0 Å². The van der Waals surface area contributed by atoms with Crippen LogP contribution in [0.5, 0.6) is 5.88 Å². The van der Waals surface area contributed by atoms with Gasteiger partial charge in [-0.3, -0.25) is 9.89 Å². The summed E-state index contributed by atoms with van der Waals surface area (Å²) in [5.41, 5.74) is 0.421. The van der Waals surface area contributed by atoms with E-state index in [9.17, 15) is 9.90 Å². The van der Waals surface area contributed by atoms with E-state index in [1.165, 1.54) is 50.0 Å². The Bertz CT molecular complexity index is 1930. The average molecular weight is 651 g/mol. The van der Waals surface area contributed by atoms with Crippen molar-refractivity contribution in [3.05, 3.63) is 72.3 Å². The van der Waals surface area contributed by atoms with Gasteiger partial charge in [0.1, 0.15) is 24.3 Å². The van der Waals surface area contributed by atoms with Crippen LogP contribution in [0.3, 0.4) is 0 Å². The molecule has 47 heavy (non-hydrogen) atoms. The molecule has 1 N–H and O–H groups in total. The molecule has 0 aromatic carbocycles. The molecule has 2 aliphatic rings. The molecule has 0 atom stereocenters. The van der Waals surface area contributed by atoms with Gasteiger partial charge < -0.3 is 24.4 Å². The molecular weight excluding hydrogens is 623 g/mol. The zero-order chi connectivity index (χ0) is 31.3. The minimum atomic E-state index is -0.317. The van der Waals surface area contributed by atoms with E-state index in [1.807, 2.05) is 0 Å². The fraction of sp³-hybridized carbons (Fsp3) is 0.308. The standard InChI is InChI=1S/2C13H14N8O2.Na/c2*22-13-10(20-2-1-16-18-20)8-17-21(13)12-7-11(14-9-15-12)19-3-5-23-6-4-19;/h1-2,7-9,22H,3-6H2;1-2,7-9,17H,3-6H2;/q;;+1/p-1. The Hall–Kier alpha value is -5.02. The smallest absolute Gasteiger partial charge is 0.857 e. The van der Waals surface area contributed by atoms with Crippen LogP contribution in [-0.2, 0) is 9.47 Å². The molecule has 2 aliphatic heterocycles. The van der Waals surface area contributed by atoms with Gasteiger partial charge in [-0.15, -0.1) is 10.2 Å². The molecule has 0 radical (unpaired) electrons. The summed E-state index contributed by atoms with van der Waals surface area (Å²) >= 11 is 0. The third kappa shape index (κ3) is 6.90. The number of morpholine rings is 2. The maximum atomic E-state index is 12.5. The molecule has 2 fully saturated rings. The molecule has 20 nitrogen and oxygen atoms in total. The summed E-state index contributed by atoms with van der Waals surface area (Å²) in [5.74, 6) is 2.08. The van der Waals surface area contributed by atoms with Gasteiger partial charge >= 0.3 is 29.6 Å². The molecule has 0 saturated carbocycles. The molecule has 236 valence electrons. The van der Waals surface area contributed by atoms with E-state index in [4.69, 9.17) is 9.47 Å². The number of nitrogens with one attached hydrogen (secondary N) is 1. The van der Waals surface area contributed by atoms with Crippen LogP contribution in [0.1, 0.15) is 0 Å². The van der Waals surface area contributed by atoms with Crippen molar-refractivity contribution in [2.45, 2.75) is 0 Å². The summed E-state index contributed by atoms with van der Waals surface area (Å²) in [4.78, 5) is 33.6. The predicted molar refractivity (Wildman–Crippen MR) is 156 cm³/mol. The second kappa shape index (κ2) is 14.6. The zero-order valence-electron chi connectivity index (χ0n) is 25.3. The number of H-pyrrole nitrogens is 1. The minimum absolute atomic E-state index is 0. The maximum absolute atomic E-state index is 12.5. The van der Waals surface area contributed by atoms with Crippen molar-refractivity contribution in [3.63, 3.8) is 0 Å². The molecule has 8 heterocycles. The molecular formula is C26H27N16NaO4. The normalized spacial score (nSPS) is 14.7. The molecule has 8 rings (SSSR count). The molecule has 0 aliphatic carbocycles. The van der Waals surface area contributed by atoms with Crippen molar-refractivity contribution < 1.29 is 44.1 Å². The molecule has 0 unspecified atom stereocenters. The van der Waals surface area contributed by atoms with Crippen molar-refractivity contribution in [1.29, 1.82) is 0 Å². The quantitative estimate of drug-likeness (QED) is 0.168. The zero-order valence-corrected chi connectivity index (χ0v) is 27.3. The number of ether oxygens (including phenoxy) is 2. The van der Waals surface area contributed by atoms with Gasteiger partial charge in [-0.05, 0) is 0 Å². The number of anilines is 2. The summed E-state index contributed by atoms with van der Waals surface area (Å²) in [7, 11) is 0.